The van der Waals surface area contributed by atoms with Gasteiger partial charge in [-0.3, -0.25) is 0 Å². The number of para-hydroxylation sites is 1. The zero-order valence-electron chi connectivity index (χ0n) is 11.5. The number of ether oxygens (including phenoxy) is 2. The Morgan fingerprint density at radius 1 is 1.39 bits per heavy atom. The largest absolute Gasteiger partial charge is 0.488 e. The van der Waals surface area contributed by atoms with Crippen LogP contribution in [-0.4, -0.2) is 32.4 Å². The van der Waals surface area contributed by atoms with Crippen LogP contribution in [0, 0.1) is 0 Å². The Kier molecular flexibility index (Phi) is 4.25. The van der Waals surface area contributed by atoms with E-state index < -0.39 is 0 Å². The maximum absolute atomic E-state index is 6.02. The average molecular weight is 249 g/mol. The van der Waals surface area contributed by atoms with Crippen molar-refractivity contribution < 1.29 is 9.47 Å². The lowest BCUT2D eigenvalue weighted by atomic mass is 9.84. The van der Waals surface area contributed by atoms with Gasteiger partial charge in [-0.05, 0) is 31.9 Å². The second kappa shape index (κ2) is 5.72. The number of benzene rings is 1. The first-order chi connectivity index (χ1) is 8.62. The molecular formula is C15H23NO2. The van der Waals surface area contributed by atoms with Gasteiger partial charge in [-0.15, -0.1) is 0 Å². The molecular weight excluding hydrogens is 226 g/mol. The minimum Gasteiger partial charge on any atom is -0.488 e. The molecule has 1 aliphatic rings. The van der Waals surface area contributed by atoms with E-state index in [0.717, 1.165) is 31.9 Å². The van der Waals surface area contributed by atoms with Gasteiger partial charge in [0.1, 0.15) is 11.4 Å². The maximum atomic E-state index is 6.02. The molecule has 18 heavy (non-hydrogen) atoms. The predicted octanol–water partition coefficient (Wildman–Crippen LogP) is 2.57. The van der Waals surface area contributed by atoms with Crippen LogP contribution >= 0.6 is 0 Å². The zero-order chi connectivity index (χ0) is 13.0. The van der Waals surface area contributed by atoms with Crippen molar-refractivity contribution in [3.63, 3.8) is 0 Å². The van der Waals surface area contributed by atoms with E-state index in [4.69, 9.17) is 9.47 Å². The third kappa shape index (κ3) is 3.24. The van der Waals surface area contributed by atoms with Gasteiger partial charge in [0.25, 0.3) is 0 Å². The summed E-state index contributed by atoms with van der Waals surface area (Å²) in [7, 11) is 1.73. The molecule has 0 bridgehead atoms. The van der Waals surface area contributed by atoms with Gasteiger partial charge < -0.3 is 14.8 Å². The summed E-state index contributed by atoms with van der Waals surface area (Å²) >= 11 is 0. The van der Waals surface area contributed by atoms with Crippen molar-refractivity contribution in [3.8, 4) is 5.75 Å². The number of rotatable bonds is 5. The van der Waals surface area contributed by atoms with Crippen molar-refractivity contribution in [2.75, 3.05) is 26.8 Å². The van der Waals surface area contributed by atoms with Gasteiger partial charge in [0.2, 0.25) is 0 Å². The number of fused-ring (bicyclic) bond motifs is 1. The van der Waals surface area contributed by atoms with Gasteiger partial charge in [-0.25, -0.2) is 0 Å². The highest BCUT2D eigenvalue weighted by Crippen LogP contribution is 2.40. The molecule has 1 N–H and O–H groups in total. The number of methoxy groups -OCH3 is 1. The molecule has 1 aromatic carbocycles. The molecule has 2 rings (SSSR count). The summed E-state index contributed by atoms with van der Waals surface area (Å²) in [4.78, 5) is 0. The van der Waals surface area contributed by atoms with Crippen molar-refractivity contribution in [2.45, 2.75) is 31.8 Å². The van der Waals surface area contributed by atoms with E-state index in [2.05, 4.69) is 37.4 Å². The Labute approximate surface area is 109 Å². The van der Waals surface area contributed by atoms with Crippen LogP contribution in [0.3, 0.4) is 0 Å². The molecule has 1 unspecified atom stereocenters. The van der Waals surface area contributed by atoms with E-state index in [0.29, 0.717) is 5.92 Å². The van der Waals surface area contributed by atoms with Crippen molar-refractivity contribution in [2.24, 2.45) is 0 Å². The van der Waals surface area contributed by atoms with Crippen LogP contribution in [0.2, 0.25) is 0 Å². The molecule has 1 aliphatic heterocycles. The van der Waals surface area contributed by atoms with Crippen molar-refractivity contribution in [1.82, 2.24) is 5.32 Å². The van der Waals surface area contributed by atoms with Crippen molar-refractivity contribution >= 4 is 0 Å². The standard InChI is InChI=1S/C15H23NO2/c1-15(2)10-12(11-16-8-9-17-3)13-6-4-5-7-14(13)18-15/h4-7,12,16H,8-11H2,1-3H3. The lowest BCUT2D eigenvalue weighted by Crippen LogP contribution is -2.38. The Balaban J connectivity index is 2.05. The molecule has 0 aromatic heterocycles. The van der Waals surface area contributed by atoms with Crippen LogP contribution in [0.1, 0.15) is 31.7 Å². The highest BCUT2D eigenvalue weighted by molar-refractivity contribution is 5.39. The highest BCUT2D eigenvalue weighted by Gasteiger charge is 2.32. The number of hydrogen-bond donors (Lipinski definition) is 1. The molecule has 0 aliphatic carbocycles. The molecule has 1 atom stereocenters. The molecule has 0 saturated heterocycles. The van der Waals surface area contributed by atoms with E-state index >= 15 is 0 Å². The monoisotopic (exact) mass is 249 g/mol. The van der Waals surface area contributed by atoms with E-state index in [1.807, 2.05) is 6.07 Å². The summed E-state index contributed by atoms with van der Waals surface area (Å²) in [6.45, 7) is 6.95. The third-order valence-electron chi connectivity index (χ3n) is 3.36. The number of nitrogens with one attached hydrogen (secondary N) is 1. The van der Waals surface area contributed by atoms with Crippen molar-refractivity contribution in [3.05, 3.63) is 29.8 Å². The highest BCUT2D eigenvalue weighted by atomic mass is 16.5. The molecule has 3 nitrogen and oxygen atoms in total. The number of hydrogen-bond acceptors (Lipinski definition) is 3. The zero-order valence-corrected chi connectivity index (χ0v) is 11.5. The van der Waals surface area contributed by atoms with Crippen LogP contribution in [0.15, 0.2) is 24.3 Å². The maximum Gasteiger partial charge on any atom is 0.123 e. The molecule has 1 aromatic rings. The van der Waals surface area contributed by atoms with Gasteiger partial charge in [0, 0.05) is 26.1 Å². The van der Waals surface area contributed by atoms with Gasteiger partial charge in [0.15, 0.2) is 0 Å². The van der Waals surface area contributed by atoms with Gasteiger partial charge in [0.05, 0.1) is 6.61 Å². The lowest BCUT2D eigenvalue weighted by Gasteiger charge is -2.37. The van der Waals surface area contributed by atoms with Crippen LogP contribution in [0.4, 0.5) is 0 Å². The topological polar surface area (TPSA) is 30.5 Å². The SMILES string of the molecule is COCCNCC1CC(C)(C)Oc2ccccc21. The van der Waals surface area contributed by atoms with Crippen LogP contribution in [0.25, 0.3) is 0 Å². The molecule has 3 heteroatoms. The summed E-state index contributed by atoms with van der Waals surface area (Å²) < 4.78 is 11.1. The first-order valence-corrected chi connectivity index (χ1v) is 6.60. The Hall–Kier alpha value is -1.06. The van der Waals surface area contributed by atoms with E-state index in [9.17, 15) is 0 Å². The fourth-order valence-corrected chi connectivity index (χ4v) is 2.59. The quantitative estimate of drug-likeness (QED) is 0.814. The second-order valence-corrected chi connectivity index (χ2v) is 5.50. The summed E-state index contributed by atoms with van der Waals surface area (Å²) in [5, 5.41) is 3.45. The normalized spacial score (nSPS) is 21.2. The van der Waals surface area contributed by atoms with Gasteiger partial charge in [-0.1, -0.05) is 18.2 Å². The van der Waals surface area contributed by atoms with Crippen LogP contribution in [-0.2, 0) is 4.74 Å². The first-order valence-electron chi connectivity index (χ1n) is 6.60. The van der Waals surface area contributed by atoms with Crippen LogP contribution < -0.4 is 10.1 Å². The van der Waals surface area contributed by atoms with E-state index in [-0.39, 0.29) is 5.60 Å². The van der Waals surface area contributed by atoms with E-state index in [1.165, 1.54) is 5.56 Å². The fraction of sp³-hybridized carbons (Fsp3) is 0.600. The minimum absolute atomic E-state index is 0.0814. The Morgan fingerprint density at radius 3 is 2.94 bits per heavy atom. The predicted molar refractivity (Wildman–Crippen MR) is 73.3 cm³/mol. The van der Waals surface area contributed by atoms with Gasteiger partial charge >= 0.3 is 0 Å². The van der Waals surface area contributed by atoms with E-state index in [1.54, 1.807) is 7.11 Å². The Morgan fingerprint density at radius 2 is 2.17 bits per heavy atom. The second-order valence-electron chi connectivity index (χ2n) is 5.50. The minimum atomic E-state index is -0.0814. The van der Waals surface area contributed by atoms with Crippen molar-refractivity contribution in [1.29, 1.82) is 0 Å². The molecule has 0 saturated carbocycles. The fourth-order valence-electron chi connectivity index (χ4n) is 2.59. The first kappa shape index (κ1) is 13.4. The van der Waals surface area contributed by atoms with Gasteiger partial charge in [-0.2, -0.15) is 0 Å². The molecule has 0 spiro atoms. The van der Waals surface area contributed by atoms with Crippen LogP contribution in [0.5, 0.6) is 5.75 Å². The molecule has 1 heterocycles. The molecule has 100 valence electrons. The summed E-state index contributed by atoms with van der Waals surface area (Å²) in [6.07, 6.45) is 1.05. The third-order valence-corrected chi connectivity index (χ3v) is 3.36. The molecule has 0 radical (unpaired) electrons. The molecule has 0 amide bonds. The average Bonchev–Trinajstić information content (AvgIpc) is 2.33. The summed E-state index contributed by atoms with van der Waals surface area (Å²) in [5.74, 6) is 1.55. The lowest BCUT2D eigenvalue weighted by molar-refractivity contribution is 0.0714. The summed E-state index contributed by atoms with van der Waals surface area (Å²) in [6, 6.07) is 8.37. The molecule has 0 fully saturated rings. The summed E-state index contributed by atoms with van der Waals surface area (Å²) in [5.41, 5.74) is 1.24. The Bertz CT molecular complexity index is 390. The smallest absolute Gasteiger partial charge is 0.123 e.